The van der Waals surface area contributed by atoms with Gasteiger partial charge in [0.2, 0.25) is 0 Å². The Morgan fingerprint density at radius 3 is 3.29 bits per heavy atom. The molecule has 0 saturated carbocycles. The molecule has 1 heterocycles. The van der Waals surface area contributed by atoms with Gasteiger partial charge in [0.1, 0.15) is 11.7 Å². The fourth-order valence-electron chi connectivity index (χ4n) is 1.70. The average Bonchev–Trinajstić information content (AvgIpc) is 2.77. The van der Waals surface area contributed by atoms with Gasteiger partial charge in [0.05, 0.1) is 19.2 Å². The number of quaternary nitrogens is 1. The number of rotatable bonds is 3. The largest absolute Gasteiger partial charge is 0.466 e. The number of hydrogen-bond acceptors (Lipinski definition) is 3. The zero-order chi connectivity index (χ0) is 10.2. The van der Waals surface area contributed by atoms with Gasteiger partial charge in [-0.2, -0.15) is 0 Å². The third-order valence-corrected chi connectivity index (χ3v) is 2.58. The van der Waals surface area contributed by atoms with Crippen LogP contribution in [0.25, 0.3) is 0 Å². The molecular weight excluding hydrogens is 182 g/mol. The van der Waals surface area contributed by atoms with E-state index in [1.54, 1.807) is 6.08 Å². The van der Waals surface area contributed by atoms with Crippen molar-refractivity contribution in [1.29, 1.82) is 0 Å². The summed E-state index contributed by atoms with van der Waals surface area (Å²) in [6.07, 6.45) is 6.15. The Morgan fingerprint density at radius 2 is 2.71 bits per heavy atom. The van der Waals surface area contributed by atoms with Crippen LogP contribution in [0.2, 0.25) is 0 Å². The molecule has 4 heteroatoms. The molecule has 0 radical (unpaired) electrons. The van der Waals surface area contributed by atoms with Crippen molar-refractivity contribution in [2.75, 3.05) is 7.11 Å². The maximum atomic E-state index is 10.9. The lowest BCUT2D eigenvalue weighted by Gasteiger charge is -2.05. The van der Waals surface area contributed by atoms with Crippen molar-refractivity contribution in [3.05, 3.63) is 31.0 Å². The molecule has 4 nitrogen and oxygen atoms in total. The molecule has 0 bridgehead atoms. The summed E-state index contributed by atoms with van der Waals surface area (Å²) in [5, 5.41) is 1.82. The van der Waals surface area contributed by atoms with Crippen LogP contribution in [-0.4, -0.2) is 24.8 Å². The maximum absolute atomic E-state index is 10.9. The normalized spacial score (nSPS) is 34.1. The first kappa shape index (κ1) is 9.43. The Labute approximate surface area is 82.6 Å². The van der Waals surface area contributed by atoms with Crippen LogP contribution in [0.1, 0.15) is 6.42 Å². The molecule has 2 N–H and O–H groups in total. The van der Waals surface area contributed by atoms with Gasteiger partial charge in [-0.15, -0.1) is 7.05 Å². The van der Waals surface area contributed by atoms with Gasteiger partial charge in [0, 0.05) is 12.2 Å². The van der Waals surface area contributed by atoms with Gasteiger partial charge in [-0.05, 0) is 6.08 Å². The topological polar surface area (TPSA) is 55.4 Å². The van der Waals surface area contributed by atoms with E-state index in [0.29, 0.717) is 0 Å². The van der Waals surface area contributed by atoms with Crippen LogP contribution >= 0.6 is 0 Å². The third kappa shape index (κ3) is 1.47. The molecule has 0 spiro atoms. The molecule has 14 heavy (non-hydrogen) atoms. The summed E-state index contributed by atoms with van der Waals surface area (Å²) in [4.78, 5) is 10.9. The Morgan fingerprint density at radius 1 is 1.93 bits per heavy atom. The molecule has 1 aliphatic heterocycles. The summed E-state index contributed by atoms with van der Waals surface area (Å²) >= 11 is 0. The SMILES string of the molecule is [CH2-][NH2+]C1=CC2OC2(C=CC(=O)OC)C1. The molecule has 1 saturated heterocycles. The first-order chi connectivity index (χ1) is 6.70. The highest BCUT2D eigenvalue weighted by molar-refractivity contribution is 5.82. The van der Waals surface area contributed by atoms with Crippen molar-refractivity contribution in [1.82, 2.24) is 0 Å². The second kappa shape index (κ2) is 3.22. The van der Waals surface area contributed by atoms with Crippen LogP contribution in [0.15, 0.2) is 23.9 Å². The van der Waals surface area contributed by atoms with Crippen molar-refractivity contribution in [3.63, 3.8) is 0 Å². The second-order valence-corrected chi connectivity index (χ2v) is 3.47. The Hall–Kier alpha value is -1.13. The Bertz CT molecular complexity index is 321. The average molecular weight is 195 g/mol. The first-order valence-electron chi connectivity index (χ1n) is 4.48. The summed E-state index contributed by atoms with van der Waals surface area (Å²) in [5.74, 6) is -0.347. The smallest absolute Gasteiger partial charge is 0.330 e. The Balaban J connectivity index is 1.97. The van der Waals surface area contributed by atoms with E-state index in [1.165, 1.54) is 18.9 Å². The highest BCUT2D eigenvalue weighted by atomic mass is 16.6. The lowest BCUT2D eigenvalue weighted by molar-refractivity contribution is -0.545. The van der Waals surface area contributed by atoms with Gasteiger partial charge in [0.25, 0.3) is 0 Å². The van der Waals surface area contributed by atoms with Crippen LogP contribution in [0, 0.1) is 7.05 Å². The fraction of sp³-hybridized carbons (Fsp3) is 0.400. The van der Waals surface area contributed by atoms with Gasteiger partial charge in [-0.1, -0.05) is 0 Å². The summed E-state index contributed by atoms with van der Waals surface area (Å²) in [6, 6.07) is 0. The molecule has 1 fully saturated rings. The molecule has 0 aromatic heterocycles. The van der Waals surface area contributed by atoms with Gasteiger partial charge < -0.3 is 14.8 Å². The Kier molecular flexibility index (Phi) is 2.17. The zero-order valence-corrected chi connectivity index (χ0v) is 8.03. The molecule has 2 atom stereocenters. The van der Waals surface area contributed by atoms with E-state index in [-0.39, 0.29) is 17.7 Å². The minimum atomic E-state index is -0.347. The van der Waals surface area contributed by atoms with E-state index in [4.69, 9.17) is 4.74 Å². The second-order valence-electron chi connectivity index (χ2n) is 3.47. The fourth-order valence-corrected chi connectivity index (χ4v) is 1.70. The summed E-state index contributed by atoms with van der Waals surface area (Å²) in [6.45, 7) is 0. The number of esters is 1. The standard InChI is InChI=1S/C10H13NO3/c1-11-7-5-8-10(6-7,14-8)4-3-9(12)13-2/h3-5,8H,1,6,11H2,2H3. The van der Waals surface area contributed by atoms with Crippen molar-refractivity contribution < 1.29 is 19.6 Å². The lowest BCUT2D eigenvalue weighted by atomic mass is 10.1. The van der Waals surface area contributed by atoms with Gasteiger partial charge in [-0.3, -0.25) is 0 Å². The third-order valence-electron chi connectivity index (χ3n) is 2.58. The van der Waals surface area contributed by atoms with E-state index < -0.39 is 0 Å². The molecule has 0 amide bonds. The number of hydrogen-bond donors (Lipinski definition) is 1. The number of methoxy groups -OCH3 is 1. The highest BCUT2D eigenvalue weighted by Gasteiger charge is 2.58. The van der Waals surface area contributed by atoms with Crippen molar-refractivity contribution in [2.24, 2.45) is 0 Å². The highest BCUT2D eigenvalue weighted by Crippen LogP contribution is 2.48. The van der Waals surface area contributed by atoms with Crippen LogP contribution in [-0.2, 0) is 14.3 Å². The van der Waals surface area contributed by atoms with E-state index in [0.717, 1.165) is 6.42 Å². The summed E-state index contributed by atoms with van der Waals surface area (Å²) in [7, 11) is 5.06. The van der Waals surface area contributed by atoms with E-state index >= 15 is 0 Å². The van der Waals surface area contributed by atoms with Crippen molar-refractivity contribution >= 4 is 5.97 Å². The van der Waals surface area contributed by atoms with Crippen LogP contribution in [0.4, 0.5) is 0 Å². The van der Waals surface area contributed by atoms with Crippen molar-refractivity contribution in [2.45, 2.75) is 18.1 Å². The van der Waals surface area contributed by atoms with Crippen LogP contribution < -0.4 is 5.32 Å². The van der Waals surface area contributed by atoms with Crippen LogP contribution in [0.3, 0.4) is 0 Å². The minimum Gasteiger partial charge on any atom is -0.466 e. The lowest BCUT2D eigenvalue weighted by Crippen LogP contribution is -2.74. The van der Waals surface area contributed by atoms with Gasteiger partial charge in [-0.25, -0.2) is 4.79 Å². The molecule has 0 aromatic carbocycles. The number of carbonyl (C=O) groups is 1. The molecule has 2 aliphatic rings. The summed E-state index contributed by atoms with van der Waals surface area (Å²) < 4.78 is 9.96. The first-order valence-corrected chi connectivity index (χ1v) is 4.48. The van der Waals surface area contributed by atoms with Gasteiger partial charge >= 0.3 is 5.97 Å². The van der Waals surface area contributed by atoms with E-state index in [2.05, 4.69) is 11.8 Å². The zero-order valence-electron chi connectivity index (χ0n) is 8.03. The number of fused-ring (bicyclic) bond motifs is 1. The molecule has 76 valence electrons. The maximum Gasteiger partial charge on any atom is 0.330 e. The number of epoxide rings is 1. The predicted octanol–water partition coefficient (Wildman–Crippen LogP) is -0.504. The van der Waals surface area contributed by atoms with Gasteiger partial charge in [0.15, 0.2) is 0 Å². The molecule has 1 aliphatic carbocycles. The molecule has 2 rings (SSSR count). The molecular formula is C10H13NO3. The number of ether oxygens (including phenoxy) is 2. The van der Waals surface area contributed by atoms with E-state index in [1.807, 2.05) is 11.4 Å². The predicted molar refractivity (Wildman–Crippen MR) is 48.7 cm³/mol. The van der Waals surface area contributed by atoms with E-state index in [9.17, 15) is 4.79 Å². The quantitative estimate of drug-likeness (QED) is 0.286. The number of carbonyl (C=O) groups excluding carboxylic acids is 1. The molecule has 2 unspecified atom stereocenters. The van der Waals surface area contributed by atoms with Crippen molar-refractivity contribution in [3.8, 4) is 0 Å². The monoisotopic (exact) mass is 195 g/mol. The van der Waals surface area contributed by atoms with Crippen LogP contribution in [0.5, 0.6) is 0 Å². The molecule has 0 aromatic rings. The minimum absolute atomic E-state index is 0.122. The summed E-state index contributed by atoms with van der Waals surface area (Å²) in [5.41, 5.74) is 0.897. The number of nitrogens with two attached hydrogens (primary N) is 1.